The fourth-order valence-corrected chi connectivity index (χ4v) is 4.41. The Kier molecular flexibility index (Phi) is 3.51. The third kappa shape index (κ3) is 2.60. The van der Waals surface area contributed by atoms with Crippen LogP contribution in [0.4, 0.5) is 0 Å². The summed E-state index contributed by atoms with van der Waals surface area (Å²) in [5.74, 6) is 0. The highest BCUT2D eigenvalue weighted by Gasteiger charge is 2.10. The molecule has 120 valence electrons. The van der Waals surface area contributed by atoms with Crippen LogP contribution in [0, 0.1) is 0 Å². The molecule has 0 unspecified atom stereocenters. The summed E-state index contributed by atoms with van der Waals surface area (Å²) in [4.78, 5) is 2.55. The number of thiophene rings is 1. The topological polar surface area (TPSA) is 13.1 Å². The minimum Gasteiger partial charge on any atom is -0.456 e. The maximum atomic E-state index is 5.93. The van der Waals surface area contributed by atoms with Crippen molar-refractivity contribution < 1.29 is 4.42 Å². The van der Waals surface area contributed by atoms with Gasteiger partial charge >= 0.3 is 0 Å². The zero-order valence-corrected chi connectivity index (χ0v) is 15.6. The molecular weight excluding hydrogens is 392 g/mol. The molecule has 0 radical (unpaired) electrons. The van der Waals surface area contributed by atoms with Crippen LogP contribution in [0.3, 0.4) is 0 Å². The second kappa shape index (κ2) is 5.87. The first kappa shape index (κ1) is 14.9. The third-order valence-electron chi connectivity index (χ3n) is 4.40. The van der Waals surface area contributed by atoms with Gasteiger partial charge in [0.1, 0.15) is 11.2 Å². The molecule has 0 aliphatic carbocycles. The Balaban J connectivity index is 1.61. The standard InChI is InChI=1S/C22H13BrOS/c23-16-8-5-14(6-9-16)21-11-12-22(25-21)15-7-10-20-18(13-15)17-3-1-2-4-19(17)24-20/h1-13H. The van der Waals surface area contributed by atoms with Gasteiger partial charge in [-0.2, -0.15) is 0 Å². The normalized spacial score (nSPS) is 11.4. The fraction of sp³-hybridized carbons (Fsp3) is 0. The molecule has 0 saturated carbocycles. The predicted molar refractivity (Wildman–Crippen MR) is 110 cm³/mol. The first-order chi connectivity index (χ1) is 12.3. The molecular formula is C22H13BrOS. The molecule has 5 rings (SSSR count). The second-order valence-electron chi connectivity index (χ2n) is 5.98. The summed E-state index contributed by atoms with van der Waals surface area (Å²) in [7, 11) is 0. The fourth-order valence-electron chi connectivity index (χ4n) is 3.14. The largest absolute Gasteiger partial charge is 0.456 e. The maximum Gasteiger partial charge on any atom is 0.135 e. The zero-order chi connectivity index (χ0) is 16.8. The van der Waals surface area contributed by atoms with Gasteiger partial charge in [-0.3, -0.25) is 0 Å². The van der Waals surface area contributed by atoms with Crippen molar-refractivity contribution in [1.82, 2.24) is 0 Å². The van der Waals surface area contributed by atoms with Crippen LogP contribution in [0.1, 0.15) is 0 Å². The molecule has 0 aliphatic rings. The van der Waals surface area contributed by atoms with Crippen molar-refractivity contribution in [2.75, 3.05) is 0 Å². The quantitative estimate of drug-likeness (QED) is 0.293. The van der Waals surface area contributed by atoms with E-state index in [0.717, 1.165) is 15.6 Å². The van der Waals surface area contributed by atoms with E-state index in [1.807, 2.05) is 23.5 Å². The van der Waals surface area contributed by atoms with Gasteiger partial charge in [-0.1, -0.05) is 46.3 Å². The van der Waals surface area contributed by atoms with Crippen LogP contribution < -0.4 is 0 Å². The molecule has 1 nitrogen and oxygen atoms in total. The van der Waals surface area contributed by atoms with E-state index >= 15 is 0 Å². The van der Waals surface area contributed by atoms with E-state index in [2.05, 4.69) is 82.7 Å². The first-order valence-electron chi connectivity index (χ1n) is 8.05. The molecule has 0 N–H and O–H groups in total. The van der Waals surface area contributed by atoms with E-state index in [1.54, 1.807) is 0 Å². The molecule has 2 aromatic heterocycles. The molecule has 0 bridgehead atoms. The lowest BCUT2D eigenvalue weighted by atomic mass is 10.1. The molecule has 0 atom stereocenters. The summed E-state index contributed by atoms with van der Waals surface area (Å²) in [5.41, 5.74) is 4.35. The molecule has 0 spiro atoms. The summed E-state index contributed by atoms with van der Waals surface area (Å²) < 4.78 is 7.03. The zero-order valence-electron chi connectivity index (χ0n) is 13.2. The van der Waals surface area contributed by atoms with Crippen LogP contribution in [-0.4, -0.2) is 0 Å². The predicted octanol–water partition coefficient (Wildman–Crippen LogP) is 7.74. The smallest absolute Gasteiger partial charge is 0.135 e. The SMILES string of the molecule is Brc1ccc(-c2ccc(-c3ccc4oc5ccccc5c4c3)s2)cc1. The van der Waals surface area contributed by atoms with Crippen molar-refractivity contribution >= 4 is 49.2 Å². The lowest BCUT2D eigenvalue weighted by Crippen LogP contribution is -1.72. The molecule has 5 aromatic rings. The van der Waals surface area contributed by atoms with Crippen molar-refractivity contribution in [3.8, 4) is 20.9 Å². The van der Waals surface area contributed by atoms with Crippen LogP contribution >= 0.6 is 27.3 Å². The van der Waals surface area contributed by atoms with Crippen molar-refractivity contribution in [2.45, 2.75) is 0 Å². The average Bonchev–Trinajstić information content (AvgIpc) is 3.26. The first-order valence-corrected chi connectivity index (χ1v) is 9.66. The number of furan rings is 1. The number of halogens is 1. The van der Waals surface area contributed by atoms with E-state index in [-0.39, 0.29) is 0 Å². The summed E-state index contributed by atoms with van der Waals surface area (Å²) in [6.07, 6.45) is 0. The molecule has 0 saturated heterocycles. The van der Waals surface area contributed by atoms with Gasteiger partial charge in [0.05, 0.1) is 0 Å². The molecule has 3 heteroatoms. The van der Waals surface area contributed by atoms with Gasteiger partial charge in [-0.25, -0.2) is 0 Å². The van der Waals surface area contributed by atoms with Crippen molar-refractivity contribution in [3.63, 3.8) is 0 Å². The highest BCUT2D eigenvalue weighted by atomic mass is 79.9. The monoisotopic (exact) mass is 404 g/mol. The van der Waals surface area contributed by atoms with Crippen LogP contribution in [0.25, 0.3) is 42.8 Å². The van der Waals surface area contributed by atoms with Crippen LogP contribution in [0.5, 0.6) is 0 Å². The van der Waals surface area contributed by atoms with Gasteiger partial charge in [0.15, 0.2) is 0 Å². The van der Waals surface area contributed by atoms with Gasteiger partial charge in [-0.15, -0.1) is 11.3 Å². The van der Waals surface area contributed by atoms with Gasteiger partial charge in [0, 0.05) is 25.0 Å². The molecule has 0 fully saturated rings. The van der Waals surface area contributed by atoms with Gasteiger partial charge in [-0.05, 0) is 59.7 Å². The van der Waals surface area contributed by atoms with Crippen LogP contribution in [0.2, 0.25) is 0 Å². The average molecular weight is 405 g/mol. The lowest BCUT2D eigenvalue weighted by Gasteiger charge is -1.99. The summed E-state index contributed by atoms with van der Waals surface area (Å²) in [6, 6.07) is 27.5. The third-order valence-corrected chi connectivity index (χ3v) is 6.11. The number of hydrogen-bond donors (Lipinski definition) is 0. The Morgan fingerprint density at radius 2 is 1.32 bits per heavy atom. The maximum absolute atomic E-state index is 5.93. The van der Waals surface area contributed by atoms with Gasteiger partial charge in [0.25, 0.3) is 0 Å². The van der Waals surface area contributed by atoms with E-state index in [1.165, 1.54) is 31.7 Å². The number of para-hydroxylation sites is 1. The minimum absolute atomic E-state index is 0.939. The molecule has 3 aromatic carbocycles. The van der Waals surface area contributed by atoms with Crippen LogP contribution in [-0.2, 0) is 0 Å². The number of hydrogen-bond acceptors (Lipinski definition) is 2. The van der Waals surface area contributed by atoms with Gasteiger partial charge in [0.2, 0.25) is 0 Å². The summed E-state index contributed by atoms with van der Waals surface area (Å²) >= 11 is 5.31. The lowest BCUT2D eigenvalue weighted by molar-refractivity contribution is 0.669. The Hall–Kier alpha value is -2.36. The van der Waals surface area contributed by atoms with E-state index in [0.29, 0.717) is 0 Å². The number of benzene rings is 3. The Morgan fingerprint density at radius 1 is 0.640 bits per heavy atom. The Morgan fingerprint density at radius 3 is 2.16 bits per heavy atom. The van der Waals surface area contributed by atoms with Crippen LogP contribution in [0.15, 0.2) is 87.8 Å². The molecule has 2 heterocycles. The molecule has 0 aliphatic heterocycles. The second-order valence-corrected chi connectivity index (χ2v) is 7.98. The highest BCUT2D eigenvalue weighted by Crippen LogP contribution is 2.37. The van der Waals surface area contributed by atoms with Gasteiger partial charge < -0.3 is 4.42 Å². The molecule has 25 heavy (non-hydrogen) atoms. The highest BCUT2D eigenvalue weighted by molar-refractivity contribution is 9.10. The number of rotatable bonds is 2. The van der Waals surface area contributed by atoms with Crippen molar-refractivity contribution in [1.29, 1.82) is 0 Å². The summed E-state index contributed by atoms with van der Waals surface area (Å²) in [6.45, 7) is 0. The van der Waals surface area contributed by atoms with E-state index in [4.69, 9.17) is 4.42 Å². The van der Waals surface area contributed by atoms with Crippen molar-refractivity contribution in [3.05, 3.63) is 83.3 Å². The Labute approximate surface area is 157 Å². The summed E-state index contributed by atoms with van der Waals surface area (Å²) in [5, 5.41) is 2.34. The molecule has 0 amide bonds. The Bertz CT molecular complexity index is 1200. The van der Waals surface area contributed by atoms with E-state index in [9.17, 15) is 0 Å². The van der Waals surface area contributed by atoms with E-state index < -0.39 is 0 Å². The van der Waals surface area contributed by atoms with Crippen molar-refractivity contribution in [2.24, 2.45) is 0 Å². The number of fused-ring (bicyclic) bond motifs is 3. The minimum atomic E-state index is 0.939.